The molecule has 1 rings (SSSR count). The van der Waals surface area contributed by atoms with E-state index < -0.39 is 0 Å². The van der Waals surface area contributed by atoms with Crippen LogP contribution in [-0.4, -0.2) is 19.2 Å². The van der Waals surface area contributed by atoms with Crippen LogP contribution < -0.4 is 4.74 Å². The van der Waals surface area contributed by atoms with Crippen LogP contribution in [0.4, 0.5) is 0 Å². The van der Waals surface area contributed by atoms with Gasteiger partial charge in [0.15, 0.2) is 0 Å². The molecule has 1 aromatic carbocycles. The second-order valence-corrected chi connectivity index (χ2v) is 4.35. The van der Waals surface area contributed by atoms with Gasteiger partial charge in [-0.05, 0) is 24.0 Å². The molecule has 0 aliphatic rings. The minimum atomic E-state index is 0.843. The van der Waals surface area contributed by atoms with E-state index in [1.165, 1.54) is 0 Å². The molecule has 80 valence electrons. The molecular formula is C12H15NOS. The Labute approximate surface area is 95.1 Å². The Balaban J connectivity index is 2.97. The highest BCUT2D eigenvalue weighted by Gasteiger charge is 2.04. The van der Waals surface area contributed by atoms with Crippen LogP contribution in [0.1, 0.15) is 12.5 Å². The standard InChI is InChI=1S/C12H15NOS/c1-9(2)15-12(13-3)10-6-5-7-11(8-10)14-4/h5-8H,1H2,2-4H3/b13-12-. The number of methoxy groups -OCH3 is 1. The molecule has 0 aliphatic heterocycles. The summed E-state index contributed by atoms with van der Waals surface area (Å²) < 4.78 is 5.17. The van der Waals surface area contributed by atoms with Gasteiger partial charge in [-0.15, -0.1) is 0 Å². The summed E-state index contributed by atoms with van der Waals surface area (Å²) in [7, 11) is 3.44. The van der Waals surface area contributed by atoms with E-state index in [0.29, 0.717) is 0 Å². The van der Waals surface area contributed by atoms with Gasteiger partial charge in [0.05, 0.1) is 7.11 Å². The quantitative estimate of drug-likeness (QED) is 0.576. The van der Waals surface area contributed by atoms with Gasteiger partial charge in [-0.1, -0.05) is 30.5 Å². The van der Waals surface area contributed by atoms with E-state index in [4.69, 9.17) is 4.74 Å². The van der Waals surface area contributed by atoms with Gasteiger partial charge in [-0.3, -0.25) is 4.99 Å². The van der Waals surface area contributed by atoms with Crippen molar-refractivity contribution in [3.63, 3.8) is 0 Å². The lowest BCUT2D eigenvalue weighted by Gasteiger charge is -2.06. The lowest BCUT2D eigenvalue weighted by Crippen LogP contribution is -1.96. The lowest BCUT2D eigenvalue weighted by atomic mass is 10.2. The van der Waals surface area contributed by atoms with E-state index in [0.717, 1.165) is 21.3 Å². The Morgan fingerprint density at radius 2 is 2.20 bits per heavy atom. The maximum Gasteiger partial charge on any atom is 0.119 e. The fourth-order valence-electron chi connectivity index (χ4n) is 1.15. The highest BCUT2D eigenvalue weighted by molar-refractivity contribution is 8.17. The van der Waals surface area contributed by atoms with E-state index in [1.807, 2.05) is 31.2 Å². The van der Waals surface area contributed by atoms with Gasteiger partial charge >= 0.3 is 0 Å². The van der Waals surface area contributed by atoms with Crippen molar-refractivity contribution < 1.29 is 4.74 Å². The highest BCUT2D eigenvalue weighted by atomic mass is 32.2. The molecule has 0 unspecified atom stereocenters. The fraction of sp³-hybridized carbons (Fsp3) is 0.250. The molecule has 0 radical (unpaired) electrons. The summed E-state index contributed by atoms with van der Waals surface area (Å²) in [6.45, 7) is 5.83. The number of ether oxygens (including phenoxy) is 1. The van der Waals surface area contributed by atoms with Gasteiger partial charge in [-0.25, -0.2) is 0 Å². The van der Waals surface area contributed by atoms with E-state index in [9.17, 15) is 0 Å². The van der Waals surface area contributed by atoms with Crippen molar-refractivity contribution in [2.24, 2.45) is 4.99 Å². The molecule has 0 heterocycles. The molecular weight excluding hydrogens is 206 g/mol. The summed E-state index contributed by atoms with van der Waals surface area (Å²) in [5.41, 5.74) is 1.06. The van der Waals surface area contributed by atoms with Crippen LogP contribution in [0, 0.1) is 0 Å². The zero-order valence-corrected chi connectivity index (χ0v) is 10.1. The van der Waals surface area contributed by atoms with E-state index in [1.54, 1.807) is 25.9 Å². The van der Waals surface area contributed by atoms with Crippen molar-refractivity contribution in [1.29, 1.82) is 0 Å². The molecule has 0 N–H and O–H groups in total. The topological polar surface area (TPSA) is 21.6 Å². The smallest absolute Gasteiger partial charge is 0.119 e. The van der Waals surface area contributed by atoms with Crippen LogP contribution in [0.5, 0.6) is 5.75 Å². The minimum Gasteiger partial charge on any atom is -0.497 e. The van der Waals surface area contributed by atoms with Gasteiger partial charge < -0.3 is 4.74 Å². The van der Waals surface area contributed by atoms with Crippen LogP contribution in [0.15, 0.2) is 40.7 Å². The maximum atomic E-state index is 5.17. The van der Waals surface area contributed by atoms with Gasteiger partial charge in [-0.2, -0.15) is 0 Å². The predicted molar refractivity (Wildman–Crippen MR) is 67.9 cm³/mol. The third kappa shape index (κ3) is 3.44. The summed E-state index contributed by atoms with van der Waals surface area (Å²) in [6.07, 6.45) is 0. The molecule has 0 amide bonds. The van der Waals surface area contributed by atoms with Gasteiger partial charge in [0, 0.05) is 12.6 Å². The Kier molecular flexibility index (Phi) is 4.43. The van der Waals surface area contributed by atoms with Crippen LogP contribution >= 0.6 is 11.8 Å². The lowest BCUT2D eigenvalue weighted by molar-refractivity contribution is 0.414. The number of hydrogen-bond donors (Lipinski definition) is 0. The zero-order chi connectivity index (χ0) is 11.3. The third-order valence-corrected chi connectivity index (χ3v) is 2.75. The van der Waals surface area contributed by atoms with Crippen LogP contribution in [0.3, 0.4) is 0 Å². The van der Waals surface area contributed by atoms with Crippen molar-refractivity contribution >= 4 is 16.8 Å². The Bertz CT molecular complexity index is 385. The van der Waals surface area contributed by atoms with Crippen molar-refractivity contribution in [2.75, 3.05) is 14.2 Å². The fourth-order valence-corrected chi connectivity index (χ4v) is 1.82. The summed E-state index contributed by atoms with van der Waals surface area (Å²) in [4.78, 5) is 5.26. The molecule has 1 aromatic rings. The first-order chi connectivity index (χ1) is 7.17. The number of aliphatic imine (C=N–C) groups is 1. The SMILES string of the molecule is C=C(C)S/C(=N\C)c1cccc(OC)c1. The molecule has 3 heteroatoms. The molecule has 0 saturated carbocycles. The second-order valence-electron chi connectivity index (χ2n) is 3.06. The average molecular weight is 221 g/mol. The van der Waals surface area contributed by atoms with Crippen LogP contribution in [-0.2, 0) is 0 Å². The van der Waals surface area contributed by atoms with Gasteiger partial charge in [0.25, 0.3) is 0 Å². The first-order valence-corrected chi connectivity index (χ1v) is 5.43. The largest absolute Gasteiger partial charge is 0.497 e. The number of nitrogens with zero attached hydrogens (tertiary/aromatic N) is 1. The van der Waals surface area contributed by atoms with Crippen molar-refractivity contribution in [3.05, 3.63) is 41.3 Å². The van der Waals surface area contributed by atoms with Crippen molar-refractivity contribution in [1.82, 2.24) is 0 Å². The maximum absolute atomic E-state index is 5.17. The number of rotatable bonds is 3. The van der Waals surface area contributed by atoms with Crippen molar-refractivity contribution in [3.8, 4) is 5.75 Å². The number of hydrogen-bond acceptors (Lipinski definition) is 3. The summed E-state index contributed by atoms with van der Waals surface area (Å²) >= 11 is 1.57. The molecule has 0 fully saturated rings. The molecule has 0 bridgehead atoms. The summed E-state index contributed by atoms with van der Waals surface area (Å²) in [6, 6.07) is 7.86. The number of benzene rings is 1. The normalized spacial score (nSPS) is 11.3. The highest BCUT2D eigenvalue weighted by Crippen LogP contribution is 2.22. The molecule has 0 spiro atoms. The van der Waals surface area contributed by atoms with Crippen molar-refractivity contribution in [2.45, 2.75) is 6.92 Å². The molecule has 0 saturated heterocycles. The monoisotopic (exact) mass is 221 g/mol. The Morgan fingerprint density at radius 3 is 2.73 bits per heavy atom. The Morgan fingerprint density at radius 1 is 1.47 bits per heavy atom. The van der Waals surface area contributed by atoms with Gasteiger partial charge in [0.1, 0.15) is 10.8 Å². The second kappa shape index (κ2) is 5.61. The minimum absolute atomic E-state index is 0.843. The first-order valence-electron chi connectivity index (χ1n) is 4.62. The van der Waals surface area contributed by atoms with Crippen LogP contribution in [0.25, 0.3) is 0 Å². The molecule has 0 atom stereocenters. The molecule has 0 aliphatic carbocycles. The van der Waals surface area contributed by atoms with Crippen LogP contribution in [0.2, 0.25) is 0 Å². The third-order valence-electron chi connectivity index (χ3n) is 1.79. The van der Waals surface area contributed by atoms with Gasteiger partial charge in [0.2, 0.25) is 0 Å². The Hall–Kier alpha value is -1.22. The predicted octanol–water partition coefficient (Wildman–Crippen LogP) is 3.34. The molecule has 2 nitrogen and oxygen atoms in total. The number of thioether (sulfide) groups is 1. The summed E-state index contributed by atoms with van der Waals surface area (Å²) in [5.74, 6) is 0.843. The zero-order valence-electron chi connectivity index (χ0n) is 9.28. The first kappa shape index (κ1) is 11.9. The van der Waals surface area contributed by atoms with E-state index >= 15 is 0 Å². The number of allylic oxidation sites excluding steroid dienone is 1. The average Bonchev–Trinajstić information content (AvgIpc) is 2.25. The van der Waals surface area contributed by atoms with E-state index in [2.05, 4.69) is 11.6 Å². The molecule has 15 heavy (non-hydrogen) atoms. The molecule has 0 aromatic heterocycles. The summed E-state index contributed by atoms with van der Waals surface area (Å²) in [5, 5.41) is 0.960. The van der Waals surface area contributed by atoms with E-state index in [-0.39, 0.29) is 0 Å².